The molecule has 5 heteroatoms. The van der Waals surface area contributed by atoms with Crippen LogP contribution in [0.1, 0.15) is 42.4 Å². The zero-order chi connectivity index (χ0) is 15.1. The molecule has 1 heterocycles. The van der Waals surface area contributed by atoms with Crippen molar-refractivity contribution in [2.24, 2.45) is 0 Å². The number of rotatable bonds is 8. The Balaban J connectivity index is 2.19. The van der Waals surface area contributed by atoms with Gasteiger partial charge in [0.1, 0.15) is 5.75 Å². The van der Waals surface area contributed by atoms with Gasteiger partial charge in [-0.15, -0.1) is 5.10 Å². The van der Waals surface area contributed by atoms with E-state index in [-0.39, 0.29) is 6.04 Å². The third-order valence-electron chi connectivity index (χ3n) is 3.41. The highest BCUT2D eigenvalue weighted by Gasteiger charge is 2.18. The van der Waals surface area contributed by atoms with Crippen molar-refractivity contribution in [2.45, 2.75) is 39.2 Å². The highest BCUT2D eigenvalue weighted by Crippen LogP contribution is 2.26. The first-order chi connectivity index (χ1) is 10.3. The van der Waals surface area contributed by atoms with Gasteiger partial charge >= 0.3 is 0 Å². The van der Waals surface area contributed by atoms with Gasteiger partial charge in [0.15, 0.2) is 0 Å². The number of methoxy groups -OCH3 is 1. The largest absolute Gasteiger partial charge is 0.497 e. The third kappa shape index (κ3) is 4.25. The molecule has 21 heavy (non-hydrogen) atoms. The number of hydrogen-bond acceptors (Lipinski definition) is 5. The van der Waals surface area contributed by atoms with Gasteiger partial charge in [-0.1, -0.05) is 36.9 Å². The summed E-state index contributed by atoms with van der Waals surface area (Å²) < 4.78 is 9.45. The summed E-state index contributed by atoms with van der Waals surface area (Å²) in [5.74, 6) is 0.902. The molecular formula is C16H23N3OS. The van der Waals surface area contributed by atoms with Crippen LogP contribution in [0.15, 0.2) is 24.3 Å². The number of hydrogen-bond donors (Lipinski definition) is 1. The normalized spacial score (nSPS) is 12.3. The van der Waals surface area contributed by atoms with Gasteiger partial charge in [-0.2, -0.15) is 0 Å². The maximum Gasteiger partial charge on any atom is 0.119 e. The number of benzene rings is 1. The molecule has 0 aliphatic carbocycles. The van der Waals surface area contributed by atoms with Crippen molar-refractivity contribution in [3.63, 3.8) is 0 Å². The fraction of sp³-hybridized carbons (Fsp3) is 0.500. The molecule has 0 fully saturated rings. The minimum atomic E-state index is 0.267. The van der Waals surface area contributed by atoms with Crippen molar-refractivity contribution >= 4 is 11.5 Å². The second-order valence-electron chi connectivity index (χ2n) is 5.00. The summed E-state index contributed by atoms with van der Waals surface area (Å²) in [6, 6.07) is 8.51. The van der Waals surface area contributed by atoms with Gasteiger partial charge < -0.3 is 10.1 Å². The molecule has 0 aliphatic rings. The fourth-order valence-corrected chi connectivity index (χ4v) is 3.20. The Morgan fingerprint density at radius 2 is 2.19 bits per heavy atom. The molecule has 0 saturated carbocycles. The van der Waals surface area contributed by atoms with Crippen LogP contribution in [-0.4, -0.2) is 23.2 Å². The zero-order valence-corrected chi connectivity index (χ0v) is 13.7. The minimum absolute atomic E-state index is 0.267. The van der Waals surface area contributed by atoms with Gasteiger partial charge in [-0.3, -0.25) is 0 Å². The van der Waals surface area contributed by atoms with E-state index in [0.717, 1.165) is 37.3 Å². The fourth-order valence-electron chi connectivity index (χ4n) is 2.43. The van der Waals surface area contributed by atoms with Gasteiger partial charge in [0.05, 0.1) is 17.7 Å². The highest BCUT2D eigenvalue weighted by atomic mass is 32.1. The van der Waals surface area contributed by atoms with E-state index in [2.05, 4.69) is 40.9 Å². The summed E-state index contributed by atoms with van der Waals surface area (Å²) >= 11 is 1.51. The van der Waals surface area contributed by atoms with Crippen LogP contribution in [0.25, 0.3) is 0 Å². The lowest BCUT2D eigenvalue weighted by Crippen LogP contribution is -2.23. The minimum Gasteiger partial charge on any atom is -0.497 e. The SMILES string of the molecule is CCCc1nnsc1C(Cc1cccc(OC)c1)NCC. The van der Waals surface area contributed by atoms with Crippen molar-refractivity contribution in [2.75, 3.05) is 13.7 Å². The zero-order valence-electron chi connectivity index (χ0n) is 12.9. The second kappa shape index (κ2) is 8.10. The van der Waals surface area contributed by atoms with Crippen LogP contribution in [0.3, 0.4) is 0 Å². The molecule has 0 radical (unpaired) electrons. The van der Waals surface area contributed by atoms with Crippen molar-refractivity contribution < 1.29 is 4.74 Å². The predicted molar refractivity (Wildman–Crippen MR) is 87.0 cm³/mol. The summed E-state index contributed by atoms with van der Waals surface area (Å²) in [7, 11) is 1.70. The number of nitrogens with one attached hydrogen (secondary N) is 1. The van der Waals surface area contributed by atoms with E-state index in [0.29, 0.717) is 0 Å². The monoisotopic (exact) mass is 305 g/mol. The van der Waals surface area contributed by atoms with E-state index in [1.165, 1.54) is 22.0 Å². The van der Waals surface area contributed by atoms with Gasteiger partial charge in [0.25, 0.3) is 0 Å². The first-order valence-corrected chi connectivity index (χ1v) is 8.23. The quantitative estimate of drug-likeness (QED) is 0.812. The van der Waals surface area contributed by atoms with Crippen LogP contribution < -0.4 is 10.1 Å². The van der Waals surface area contributed by atoms with E-state index in [9.17, 15) is 0 Å². The molecule has 4 nitrogen and oxygen atoms in total. The summed E-state index contributed by atoms with van der Waals surface area (Å²) in [4.78, 5) is 1.27. The predicted octanol–water partition coefficient (Wildman–Crippen LogP) is 3.39. The first kappa shape index (κ1) is 15.9. The van der Waals surface area contributed by atoms with E-state index in [1.807, 2.05) is 12.1 Å². The van der Waals surface area contributed by atoms with Crippen LogP contribution in [-0.2, 0) is 12.8 Å². The molecule has 1 aromatic carbocycles. The molecule has 1 unspecified atom stereocenters. The molecule has 1 aromatic heterocycles. The maximum absolute atomic E-state index is 5.31. The molecular weight excluding hydrogens is 282 g/mol. The number of aromatic nitrogens is 2. The van der Waals surface area contributed by atoms with Crippen molar-refractivity contribution in [3.8, 4) is 5.75 Å². The summed E-state index contributed by atoms with van der Waals surface area (Å²) in [5, 5.41) is 7.85. The summed E-state index contributed by atoms with van der Waals surface area (Å²) in [6.07, 6.45) is 3.01. The molecule has 114 valence electrons. The Bertz CT molecular complexity index is 556. The van der Waals surface area contributed by atoms with Crippen molar-refractivity contribution in [1.82, 2.24) is 14.9 Å². The maximum atomic E-state index is 5.31. The molecule has 0 spiro atoms. The smallest absolute Gasteiger partial charge is 0.119 e. The van der Waals surface area contributed by atoms with Crippen molar-refractivity contribution in [1.29, 1.82) is 0 Å². The van der Waals surface area contributed by atoms with E-state index in [1.54, 1.807) is 7.11 Å². The molecule has 2 aromatic rings. The molecule has 0 bridgehead atoms. The number of ether oxygens (including phenoxy) is 1. The molecule has 1 N–H and O–H groups in total. The average molecular weight is 305 g/mol. The van der Waals surface area contributed by atoms with Gasteiger partial charge in [-0.25, -0.2) is 0 Å². The van der Waals surface area contributed by atoms with Gasteiger partial charge in [0, 0.05) is 6.04 Å². The average Bonchev–Trinajstić information content (AvgIpc) is 2.96. The lowest BCUT2D eigenvalue weighted by Gasteiger charge is -2.17. The Hall–Kier alpha value is -1.46. The van der Waals surface area contributed by atoms with E-state index in [4.69, 9.17) is 4.74 Å². The van der Waals surface area contributed by atoms with Crippen LogP contribution in [0, 0.1) is 0 Å². The summed E-state index contributed by atoms with van der Waals surface area (Å²) in [5.41, 5.74) is 2.40. The Morgan fingerprint density at radius 1 is 1.33 bits per heavy atom. The lowest BCUT2D eigenvalue weighted by molar-refractivity contribution is 0.414. The molecule has 0 saturated heterocycles. The van der Waals surface area contributed by atoms with E-state index >= 15 is 0 Å². The molecule has 0 amide bonds. The van der Waals surface area contributed by atoms with Gasteiger partial charge in [0.2, 0.25) is 0 Å². The van der Waals surface area contributed by atoms with Crippen LogP contribution in [0.2, 0.25) is 0 Å². The highest BCUT2D eigenvalue weighted by molar-refractivity contribution is 7.05. The summed E-state index contributed by atoms with van der Waals surface area (Å²) in [6.45, 7) is 5.23. The van der Waals surface area contributed by atoms with E-state index < -0.39 is 0 Å². The Kier molecular flexibility index (Phi) is 6.14. The third-order valence-corrected chi connectivity index (χ3v) is 4.29. The van der Waals surface area contributed by atoms with Crippen molar-refractivity contribution in [3.05, 3.63) is 40.4 Å². The van der Waals surface area contributed by atoms with Gasteiger partial charge in [-0.05, 0) is 48.6 Å². The van der Waals surface area contributed by atoms with Crippen LogP contribution in [0.4, 0.5) is 0 Å². The van der Waals surface area contributed by atoms with Crippen LogP contribution in [0.5, 0.6) is 5.75 Å². The standard InChI is InChI=1S/C16H23N3OS/c1-4-7-14-16(21-19-18-14)15(17-5-2)11-12-8-6-9-13(10-12)20-3/h6,8-10,15,17H,4-5,7,11H2,1-3H3. The Labute approximate surface area is 130 Å². The Morgan fingerprint density at radius 3 is 2.90 bits per heavy atom. The number of aryl methyl sites for hydroxylation is 1. The number of likely N-dealkylation sites (N-methyl/N-ethyl adjacent to an activating group) is 1. The first-order valence-electron chi connectivity index (χ1n) is 7.45. The molecule has 1 atom stereocenters. The van der Waals surface area contributed by atoms with Crippen LogP contribution >= 0.6 is 11.5 Å². The number of nitrogens with zero attached hydrogens (tertiary/aromatic N) is 2. The molecule has 2 rings (SSSR count). The lowest BCUT2D eigenvalue weighted by atomic mass is 10.0. The topological polar surface area (TPSA) is 47.0 Å². The molecule has 0 aliphatic heterocycles. The second-order valence-corrected chi connectivity index (χ2v) is 5.79.